The Kier molecular flexibility index (Phi) is 4.81. The van der Waals surface area contributed by atoms with Gasteiger partial charge in [0.05, 0.1) is 17.7 Å². The number of benzene rings is 2. The Morgan fingerprint density at radius 1 is 1.07 bits per heavy atom. The molecule has 1 aromatic heterocycles. The molecule has 0 aliphatic carbocycles. The van der Waals surface area contributed by atoms with Crippen molar-refractivity contribution < 1.29 is 18.3 Å². The number of nitriles is 1. The van der Waals surface area contributed by atoms with Gasteiger partial charge in [0, 0.05) is 11.1 Å². The Bertz CT molecular complexity index is 1130. The molecule has 136 valence electrons. The summed E-state index contributed by atoms with van der Waals surface area (Å²) >= 11 is 0. The second-order valence-electron chi connectivity index (χ2n) is 5.67. The molecule has 1 heterocycles. The van der Waals surface area contributed by atoms with Crippen LogP contribution in [0.25, 0.3) is 22.4 Å². The molecule has 0 radical (unpaired) electrons. The lowest BCUT2D eigenvalue weighted by Crippen LogP contribution is -2.11. The summed E-state index contributed by atoms with van der Waals surface area (Å²) in [5, 5.41) is 24.0. The van der Waals surface area contributed by atoms with E-state index in [1.165, 1.54) is 31.4 Å². The lowest BCUT2D eigenvalue weighted by atomic mass is 9.98. The molecule has 0 aliphatic rings. The number of phenols is 1. The average Bonchev–Trinajstić information content (AvgIpc) is 2.67. The van der Waals surface area contributed by atoms with Gasteiger partial charge in [-0.1, -0.05) is 12.1 Å². The van der Waals surface area contributed by atoms with Crippen LogP contribution in [0, 0.1) is 11.3 Å². The number of methoxy groups -OCH3 is 1. The highest BCUT2D eigenvalue weighted by Gasteiger charge is 2.16. The molecular weight excluding hydrogens is 366 g/mol. The van der Waals surface area contributed by atoms with Gasteiger partial charge >= 0.3 is 0 Å². The van der Waals surface area contributed by atoms with Gasteiger partial charge in [-0.3, -0.25) is 0 Å². The quantitative estimate of drug-likeness (QED) is 0.715. The van der Waals surface area contributed by atoms with Crippen LogP contribution < -0.4 is 9.88 Å². The molecule has 8 heteroatoms. The molecule has 0 fully saturated rings. The standard InChI is InChI=1S/C19H15N3O4S/c1-26-19-14(11-20)10-17(12-4-8-16(9-5-12)27(21,24)25)18(22-19)13-2-6-15(23)7-3-13/h2-10,23H,1H3,(H2,21,24,25). The Balaban J connectivity index is 2.24. The second kappa shape index (κ2) is 7.07. The third kappa shape index (κ3) is 3.74. The SMILES string of the molecule is COc1nc(-c2ccc(O)cc2)c(-c2ccc(S(N)(=O)=O)cc2)cc1C#N. The van der Waals surface area contributed by atoms with E-state index in [2.05, 4.69) is 4.98 Å². The van der Waals surface area contributed by atoms with E-state index in [-0.39, 0.29) is 22.1 Å². The van der Waals surface area contributed by atoms with Crippen LogP contribution in [-0.4, -0.2) is 25.6 Å². The van der Waals surface area contributed by atoms with Crippen LogP contribution in [0.3, 0.4) is 0 Å². The highest BCUT2D eigenvalue weighted by Crippen LogP contribution is 2.35. The largest absolute Gasteiger partial charge is 0.508 e. The van der Waals surface area contributed by atoms with Gasteiger partial charge in [0.25, 0.3) is 0 Å². The maximum Gasteiger partial charge on any atom is 0.238 e. The van der Waals surface area contributed by atoms with Crippen LogP contribution in [0.5, 0.6) is 11.6 Å². The molecule has 2 aromatic carbocycles. The minimum absolute atomic E-state index is 0.0144. The van der Waals surface area contributed by atoms with Crippen molar-refractivity contribution in [1.82, 2.24) is 4.98 Å². The van der Waals surface area contributed by atoms with Gasteiger partial charge in [-0.05, 0) is 48.0 Å². The molecule has 3 aromatic rings. The van der Waals surface area contributed by atoms with Gasteiger partial charge in [-0.2, -0.15) is 5.26 Å². The number of ether oxygens (including phenoxy) is 1. The summed E-state index contributed by atoms with van der Waals surface area (Å²) in [5.74, 6) is 0.281. The van der Waals surface area contributed by atoms with Crippen LogP contribution in [0.2, 0.25) is 0 Å². The van der Waals surface area contributed by atoms with Gasteiger partial charge in [-0.15, -0.1) is 0 Å². The molecule has 0 spiro atoms. The maximum absolute atomic E-state index is 11.5. The molecule has 3 rings (SSSR count). The fraction of sp³-hybridized carbons (Fsp3) is 0.0526. The van der Waals surface area contributed by atoms with E-state index in [9.17, 15) is 18.8 Å². The molecule has 0 saturated heterocycles. The van der Waals surface area contributed by atoms with Crippen molar-refractivity contribution in [3.63, 3.8) is 0 Å². The van der Waals surface area contributed by atoms with E-state index in [4.69, 9.17) is 9.88 Å². The minimum atomic E-state index is -3.81. The third-order valence-electron chi connectivity index (χ3n) is 3.94. The number of nitrogens with two attached hydrogens (primary N) is 1. The molecule has 0 bridgehead atoms. The molecule has 0 atom stereocenters. The van der Waals surface area contributed by atoms with Crippen LogP contribution in [0.1, 0.15) is 5.56 Å². The van der Waals surface area contributed by atoms with Crippen molar-refractivity contribution in [3.05, 3.63) is 60.2 Å². The van der Waals surface area contributed by atoms with E-state index in [1.807, 2.05) is 6.07 Å². The number of rotatable bonds is 4. The molecule has 27 heavy (non-hydrogen) atoms. The first-order valence-corrected chi connectivity index (χ1v) is 9.30. The Labute approximate surface area is 156 Å². The first-order valence-electron chi connectivity index (χ1n) is 7.75. The number of aromatic nitrogens is 1. The molecule has 0 aliphatic heterocycles. The predicted molar refractivity (Wildman–Crippen MR) is 99.4 cm³/mol. The number of nitrogens with zero attached hydrogens (tertiary/aromatic N) is 2. The van der Waals surface area contributed by atoms with Gasteiger partial charge in [0.1, 0.15) is 17.4 Å². The van der Waals surface area contributed by atoms with E-state index < -0.39 is 10.0 Å². The molecule has 7 nitrogen and oxygen atoms in total. The molecule has 3 N–H and O–H groups in total. The topological polar surface area (TPSA) is 126 Å². The number of pyridine rings is 1. The van der Waals surface area contributed by atoms with Gasteiger partial charge in [0.2, 0.25) is 15.9 Å². The van der Waals surface area contributed by atoms with Crippen molar-refractivity contribution >= 4 is 10.0 Å². The number of sulfonamides is 1. The monoisotopic (exact) mass is 381 g/mol. The van der Waals surface area contributed by atoms with E-state index in [0.717, 1.165) is 0 Å². The zero-order chi connectivity index (χ0) is 19.6. The Morgan fingerprint density at radius 3 is 2.19 bits per heavy atom. The summed E-state index contributed by atoms with van der Waals surface area (Å²) < 4.78 is 28.1. The number of primary sulfonamides is 1. The van der Waals surface area contributed by atoms with Gasteiger partial charge in [-0.25, -0.2) is 18.5 Å². The van der Waals surface area contributed by atoms with Crippen molar-refractivity contribution in [2.45, 2.75) is 4.90 Å². The fourth-order valence-electron chi connectivity index (χ4n) is 2.62. The summed E-state index contributed by atoms with van der Waals surface area (Å²) in [6, 6.07) is 16.0. The Hall–Kier alpha value is -3.41. The zero-order valence-electron chi connectivity index (χ0n) is 14.2. The predicted octanol–water partition coefficient (Wildman–Crippen LogP) is 2.65. The summed E-state index contributed by atoms with van der Waals surface area (Å²) in [4.78, 5) is 4.43. The average molecular weight is 381 g/mol. The summed E-state index contributed by atoms with van der Waals surface area (Å²) in [6.07, 6.45) is 0. The van der Waals surface area contributed by atoms with E-state index in [0.29, 0.717) is 22.4 Å². The highest BCUT2D eigenvalue weighted by molar-refractivity contribution is 7.89. The Morgan fingerprint density at radius 2 is 1.67 bits per heavy atom. The number of aromatic hydroxyl groups is 1. The molecule has 0 unspecified atom stereocenters. The maximum atomic E-state index is 11.5. The number of hydrogen-bond donors (Lipinski definition) is 2. The van der Waals surface area contributed by atoms with Crippen LogP contribution >= 0.6 is 0 Å². The van der Waals surface area contributed by atoms with Crippen LogP contribution in [-0.2, 0) is 10.0 Å². The van der Waals surface area contributed by atoms with Crippen LogP contribution in [0.4, 0.5) is 0 Å². The fourth-order valence-corrected chi connectivity index (χ4v) is 3.13. The summed E-state index contributed by atoms with van der Waals surface area (Å²) in [5.41, 5.74) is 2.72. The smallest absolute Gasteiger partial charge is 0.238 e. The number of phenolic OH excluding ortho intramolecular Hbond substituents is 1. The molecule has 0 saturated carbocycles. The van der Waals surface area contributed by atoms with Crippen molar-refractivity contribution in [3.8, 4) is 40.1 Å². The highest BCUT2D eigenvalue weighted by atomic mass is 32.2. The van der Waals surface area contributed by atoms with Crippen molar-refractivity contribution in [1.29, 1.82) is 5.26 Å². The lowest BCUT2D eigenvalue weighted by Gasteiger charge is -2.13. The second-order valence-corrected chi connectivity index (χ2v) is 7.23. The lowest BCUT2D eigenvalue weighted by molar-refractivity contribution is 0.397. The van der Waals surface area contributed by atoms with Crippen molar-refractivity contribution in [2.75, 3.05) is 7.11 Å². The minimum Gasteiger partial charge on any atom is -0.508 e. The summed E-state index contributed by atoms with van der Waals surface area (Å²) in [6.45, 7) is 0. The molecule has 0 amide bonds. The molecular formula is C19H15N3O4S. The van der Waals surface area contributed by atoms with Crippen molar-refractivity contribution in [2.24, 2.45) is 5.14 Å². The third-order valence-corrected chi connectivity index (χ3v) is 4.87. The van der Waals surface area contributed by atoms with E-state index >= 15 is 0 Å². The normalized spacial score (nSPS) is 11.0. The van der Waals surface area contributed by atoms with E-state index in [1.54, 1.807) is 30.3 Å². The first-order chi connectivity index (χ1) is 12.8. The summed E-state index contributed by atoms with van der Waals surface area (Å²) in [7, 11) is -2.39. The zero-order valence-corrected chi connectivity index (χ0v) is 15.1. The van der Waals surface area contributed by atoms with Gasteiger partial charge < -0.3 is 9.84 Å². The first kappa shape index (κ1) is 18.4. The van der Waals surface area contributed by atoms with Crippen LogP contribution in [0.15, 0.2) is 59.5 Å². The van der Waals surface area contributed by atoms with Gasteiger partial charge in [0.15, 0.2) is 0 Å². The number of hydrogen-bond acceptors (Lipinski definition) is 6.